The summed E-state index contributed by atoms with van der Waals surface area (Å²) < 4.78 is 10.7. The van der Waals surface area contributed by atoms with Gasteiger partial charge in [0.25, 0.3) is 0 Å². The zero-order chi connectivity index (χ0) is 12.6. The highest BCUT2D eigenvalue weighted by atomic mass is 32.2. The average molecular weight is 266 g/mol. The molecule has 0 fully saturated rings. The molecule has 0 aliphatic carbocycles. The minimum atomic E-state index is -1.93. The topological polar surface area (TPSA) is 55.8 Å². The van der Waals surface area contributed by atoms with Crippen LogP contribution in [0.3, 0.4) is 0 Å². The van der Waals surface area contributed by atoms with Gasteiger partial charge in [-0.05, 0) is 24.8 Å². The van der Waals surface area contributed by atoms with Gasteiger partial charge in [0.05, 0.1) is 5.92 Å². The second-order valence-corrected chi connectivity index (χ2v) is 8.69. The van der Waals surface area contributed by atoms with E-state index in [1.807, 2.05) is 6.55 Å². The second-order valence-electron chi connectivity index (χ2n) is 3.96. The minimum Gasteiger partial charge on any atom is -0.481 e. The van der Waals surface area contributed by atoms with Crippen molar-refractivity contribution in [1.82, 2.24) is 0 Å². The summed E-state index contributed by atoms with van der Waals surface area (Å²) in [5.74, 6) is 0.652. The molecular formula is C10H22O4SSi. The van der Waals surface area contributed by atoms with Crippen molar-refractivity contribution in [2.75, 3.05) is 25.7 Å². The van der Waals surface area contributed by atoms with Gasteiger partial charge in [-0.3, -0.25) is 4.79 Å². The Kier molecular flexibility index (Phi) is 8.09. The Hall–Kier alpha value is -0.0431. The molecule has 0 aliphatic heterocycles. The van der Waals surface area contributed by atoms with Crippen molar-refractivity contribution in [3.63, 3.8) is 0 Å². The molecule has 6 heteroatoms. The maximum absolute atomic E-state index is 10.6. The van der Waals surface area contributed by atoms with Crippen LogP contribution in [0.5, 0.6) is 0 Å². The number of hydrogen-bond acceptors (Lipinski definition) is 4. The number of hydrogen-bond donors (Lipinski definition) is 1. The second kappa shape index (κ2) is 8.11. The highest BCUT2D eigenvalue weighted by Crippen LogP contribution is 2.17. The third kappa shape index (κ3) is 6.52. The van der Waals surface area contributed by atoms with E-state index < -0.39 is 14.5 Å². The van der Waals surface area contributed by atoms with Crippen molar-refractivity contribution in [2.24, 2.45) is 5.92 Å². The summed E-state index contributed by atoms with van der Waals surface area (Å²) in [5, 5.41) is 8.70. The van der Waals surface area contributed by atoms with E-state index in [9.17, 15) is 4.79 Å². The molecule has 16 heavy (non-hydrogen) atoms. The summed E-state index contributed by atoms with van der Waals surface area (Å²) >= 11 is 1.68. The molecule has 0 saturated carbocycles. The van der Waals surface area contributed by atoms with Gasteiger partial charge in [-0.25, -0.2) is 0 Å². The molecule has 0 rings (SSSR count). The van der Waals surface area contributed by atoms with Crippen LogP contribution in [0, 0.1) is 5.92 Å². The first-order valence-corrected chi connectivity index (χ1v) is 9.04. The van der Waals surface area contributed by atoms with Crippen molar-refractivity contribution in [2.45, 2.75) is 25.9 Å². The molecule has 0 bridgehead atoms. The van der Waals surface area contributed by atoms with Crippen molar-refractivity contribution in [1.29, 1.82) is 0 Å². The third-order valence-corrected chi connectivity index (χ3v) is 6.87. The van der Waals surface area contributed by atoms with E-state index in [2.05, 4.69) is 0 Å². The Labute approximate surface area is 103 Å². The molecule has 1 atom stereocenters. The molecule has 0 aromatic rings. The predicted molar refractivity (Wildman–Crippen MR) is 69.2 cm³/mol. The van der Waals surface area contributed by atoms with Gasteiger partial charge >= 0.3 is 14.5 Å². The summed E-state index contributed by atoms with van der Waals surface area (Å²) in [7, 11) is 1.45. The molecule has 1 N–H and O–H groups in total. The lowest BCUT2D eigenvalue weighted by atomic mass is 10.2. The lowest BCUT2D eigenvalue weighted by molar-refractivity contribution is -0.140. The molecule has 0 saturated heterocycles. The Bertz CT molecular complexity index is 209. The highest BCUT2D eigenvalue weighted by Gasteiger charge is 2.27. The zero-order valence-corrected chi connectivity index (χ0v) is 12.3. The van der Waals surface area contributed by atoms with Crippen LogP contribution in [0.15, 0.2) is 0 Å². The van der Waals surface area contributed by atoms with Crippen LogP contribution >= 0.6 is 11.8 Å². The third-order valence-electron chi connectivity index (χ3n) is 2.57. The average Bonchev–Trinajstić information content (AvgIpc) is 2.27. The van der Waals surface area contributed by atoms with Gasteiger partial charge in [0, 0.05) is 20.0 Å². The van der Waals surface area contributed by atoms with Crippen LogP contribution in [0.1, 0.15) is 13.3 Å². The number of rotatable bonds is 9. The van der Waals surface area contributed by atoms with E-state index in [0.29, 0.717) is 5.75 Å². The Morgan fingerprint density at radius 1 is 1.44 bits per heavy atom. The quantitative estimate of drug-likeness (QED) is 0.512. The highest BCUT2D eigenvalue weighted by molar-refractivity contribution is 7.99. The SMILES string of the molecule is CO[Si](C)(CCCSCC(C)C(=O)O)OC. The molecule has 0 heterocycles. The Morgan fingerprint density at radius 2 is 2.00 bits per heavy atom. The number of carbonyl (C=O) groups is 1. The summed E-state index contributed by atoms with van der Waals surface area (Å²) in [4.78, 5) is 10.6. The molecular weight excluding hydrogens is 244 g/mol. The number of aliphatic carboxylic acids is 1. The van der Waals surface area contributed by atoms with E-state index in [0.717, 1.165) is 18.2 Å². The zero-order valence-electron chi connectivity index (χ0n) is 10.5. The number of thioether (sulfide) groups is 1. The predicted octanol–water partition coefficient (Wildman–Crippen LogP) is 2.20. The molecule has 0 aromatic heterocycles. The smallest absolute Gasteiger partial charge is 0.334 e. The molecule has 96 valence electrons. The normalized spacial score (nSPS) is 13.8. The van der Waals surface area contributed by atoms with E-state index in [4.69, 9.17) is 14.0 Å². The molecule has 1 unspecified atom stereocenters. The fourth-order valence-corrected chi connectivity index (χ4v) is 3.78. The van der Waals surface area contributed by atoms with Gasteiger partial charge in [0.1, 0.15) is 0 Å². The maximum Gasteiger partial charge on any atom is 0.334 e. The van der Waals surface area contributed by atoms with Crippen molar-refractivity contribution in [3.8, 4) is 0 Å². The fraction of sp³-hybridized carbons (Fsp3) is 0.900. The summed E-state index contributed by atoms with van der Waals surface area (Å²) in [5.41, 5.74) is 0. The van der Waals surface area contributed by atoms with Gasteiger partial charge < -0.3 is 14.0 Å². The first kappa shape index (κ1) is 16.0. The summed E-state index contributed by atoms with van der Waals surface area (Å²) in [6.07, 6.45) is 1.02. The van der Waals surface area contributed by atoms with Crippen molar-refractivity contribution in [3.05, 3.63) is 0 Å². The van der Waals surface area contributed by atoms with Gasteiger partial charge in [-0.1, -0.05) is 6.92 Å². The first-order chi connectivity index (χ1) is 7.45. The Morgan fingerprint density at radius 3 is 2.44 bits per heavy atom. The molecule has 0 aromatic carbocycles. The number of carboxylic acid groups (broad SMARTS) is 1. The molecule has 0 spiro atoms. The van der Waals surface area contributed by atoms with Crippen LogP contribution < -0.4 is 0 Å². The maximum atomic E-state index is 10.6. The lowest BCUT2D eigenvalue weighted by Crippen LogP contribution is -2.35. The van der Waals surface area contributed by atoms with E-state index >= 15 is 0 Å². The van der Waals surface area contributed by atoms with Crippen LogP contribution in [-0.2, 0) is 13.6 Å². The minimum absolute atomic E-state index is 0.265. The van der Waals surface area contributed by atoms with Gasteiger partial charge in [-0.15, -0.1) is 0 Å². The van der Waals surface area contributed by atoms with E-state index in [-0.39, 0.29) is 5.92 Å². The first-order valence-electron chi connectivity index (χ1n) is 5.36. The monoisotopic (exact) mass is 266 g/mol. The van der Waals surface area contributed by atoms with Crippen molar-refractivity contribution >= 4 is 26.3 Å². The molecule has 0 aliphatic rings. The standard InChI is InChI=1S/C10H22O4SSi/c1-9(10(11)12)8-15-6-5-7-16(4,13-2)14-3/h9H,5-8H2,1-4H3,(H,11,12). The lowest BCUT2D eigenvalue weighted by Gasteiger charge is -2.22. The van der Waals surface area contributed by atoms with E-state index in [1.54, 1.807) is 32.9 Å². The van der Waals surface area contributed by atoms with E-state index in [1.165, 1.54) is 0 Å². The Balaban J connectivity index is 3.57. The van der Waals surface area contributed by atoms with Crippen LogP contribution in [0.4, 0.5) is 0 Å². The number of carboxylic acids is 1. The summed E-state index contributed by atoms with van der Waals surface area (Å²) in [6.45, 7) is 3.77. The van der Waals surface area contributed by atoms with Gasteiger partial charge in [0.2, 0.25) is 0 Å². The molecule has 4 nitrogen and oxygen atoms in total. The fourth-order valence-electron chi connectivity index (χ4n) is 1.11. The largest absolute Gasteiger partial charge is 0.481 e. The summed E-state index contributed by atoms with van der Waals surface area (Å²) in [6, 6.07) is 0.953. The van der Waals surface area contributed by atoms with Crippen LogP contribution in [0.25, 0.3) is 0 Å². The van der Waals surface area contributed by atoms with Crippen LogP contribution in [0.2, 0.25) is 12.6 Å². The van der Waals surface area contributed by atoms with Gasteiger partial charge in [0.15, 0.2) is 0 Å². The van der Waals surface area contributed by atoms with Crippen LogP contribution in [-0.4, -0.2) is 45.4 Å². The van der Waals surface area contributed by atoms with Gasteiger partial charge in [-0.2, -0.15) is 11.8 Å². The van der Waals surface area contributed by atoms with Crippen molar-refractivity contribution < 1.29 is 18.8 Å². The molecule has 0 radical (unpaired) electrons. The molecule has 0 amide bonds.